The highest BCUT2D eigenvalue weighted by Crippen LogP contribution is 2.34. The van der Waals surface area contributed by atoms with E-state index in [1.165, 1.54) is 19.3 Å². The zero-order valence-electron chi connectivity index (χ0n) is 13.1. The van der Waals surface area contributed by atoms with Gasteiger partial charge in [0.15, 0.2) is 0 Å². The summed E-state index contributed by atoms with van der Waals surface area (Å²) >= 11 is 3.61. The van der Waals surface area contributed by atoms with E-state index < -0.39 is 0 Å². The van der Waals surface area contributed by atoms with Gasteiger partial charge in [0.25, 0.3) is 5.56 Å². The van der Waals surface area contributed by atoms with E-state index in [9.17, 15) is 4.79 Å². The van der Waals surface area contributed by atoms with Crippen LogP contribution in [0.4, 0.5) is 0 Å². The van der Waals surface area contributed by atoms with Crippen LogP contribution in [0.15, 0.2) is 45.9 Å². The molecule has 2 aromatic carbocycles. The summed E-state index contributed by atoms with van der Waals surface area (Å²) in [6.07, 6.45) is 6.49. The van der Waals surface area contributed by atoms with Gasteiger partial charge in [0.05, 0.1) is 17.2 Å². The molecule has 0 amide bonds. The van der Waals surface area contributed by atoms with E-state index in [-0.39, 0.29) is 11.6 Å². The molecule has 4 rings (SSSR count). The van der Waals surface area contributed by atoms with E-state index in [2.05, 4.69) is 33.9 Å². The molecule has 0 spiro atoms. The Morgan fingerprint density at radius 1 is 1.13 bits per heavy atom. The van der Waals surface area contributed by atoms with Crippen molar-refractivity contribution in [2.75, 3.05) is 0 Å². The molecule has 0 radical (unpaired) electrons. The number of fused-ring (bicyclic) bond motifs is 3. The lowest BCUT2D eigenvalue weighted by Crippen LogP contribution is -2.30. The number of rotatable bonds is 1. The molecule has 118 valence electrons. The first-order valence-corrected chi connectivity index (χ1v) is 9.04. The van der Waals surface area contributed by atoms with Crippen molar-refractivity contribution >= 4 is 37.6 Å². The van der Waals surface area contributed by atoms with E-state index >= 15 is 0 Å². The van der Waals surface area contributed by atoms with Crippen LogP contribution in [0.5, 0.6) is 0 Å². The Kier molecular flexibility index (Phi) is 3.72. The Morgan fingerprint density at radius 2 is 1.87 bits per heavy atom. The molecule has 3 aromatic rings. The highest BCUT2D eigenvalue weighted by molar-refractivity contribution is 9.10. The second-order valence-corrected chi connectivity index (χ2v) is 7.44. The molecular weight excluding hydrogens is 352 g/mol. The molecule has 2 atom stereocenters. The summed E-state index contributed by atoms with van der Waals surface area (Å²) in [7, 11) is 0. The summed E-state index contributed by atoms with van der Waals surface area (Å²) in [6, 6.07) is 10.3. The fourth-order valence-corrected chi connectivity index (χ4v) is 4.45. The first-order valence-electron chi connectivity index (χ1n) is 8.25. The van der Waals surface area contributed by atoms with Crippen molar-refractivity contribution in [1.82, 2.24) is 9.55 Å². The topological polar surface area (TPSA) is 34.9 Å². The number of halogens is 1. The quantitative estimate of drug-likeness (QED) is 0.560. The average Bonchev–Trinajstić information content (AvgIpc) is 2.57. The third-order valence-corrected chi connectivity index (χ3v) is 5.82. The summed E-state index contributed by atoms with van der Waals surface area (Å²) < 4.78 is 2.82. The first kappa shape index (κ1) is 14.9. The smallest absolute Gasteiger partial charge is 0.261 e. The van der Waals surface area contributed by atoms with Crippen LogP contribution in [0.2, 0.25) is 0 Å². The van der Waals surface area contributed by atoms with Crippen LogP contribution in [0.1, 0.15) is 38.6 Å². The summed E-state index contributed by atoms with van der Waals surface area (Å²) in [6.45, 7) is 2.25. The SMILES string of the molecule is C[C@H]1CCCC[C@@H]1n1cnc2c(cc(Br)c3ccccc32)c1=O. The van der Waals surface area contributed by atoms with Gasteiger partial charge in [-0.2, -0.15) is 0 Å². The minimum absolute atomic E-state index is 0.0835. The predicted octanol–water partition coefficient (Wildman–Crippen LogP) is 5.06. The highest BCUT2D eigenvalue weighted by Gasteiger charge is 2.24. The van der Waals surface area contributed by atoms with Crippen LogP contribution in [-0.4, -0.2) is 9.55 Å². The van der Waals surface area contributed by atoms with Crippen molar-refractivity contribution in [1.29, 1.82) is 0 Å². The molecule has 1 saturated carbocycles. The first-order chi connectivity index (χ1) is 11.2. The van der Waals surface area contributed by atoms with Crippen LogP contribution >= 0.6 is 15.9 Å². The fraction of sp³-hybridized carbons (Fsp3) is 0.368. The largest absolute Gasteiger partial charge is 0.295 e. The van der Waals surface area contributed by atoms with E-state index in [1.807, 2.05) is 28.8 Å². The second kappa shape index (κ2) is 5.75. The third-order valence-electron chi connectivity index (χ3n) is 5.17. The zero-order chi connectivity index (χ0) is 16.0. The summed E-state index contributed by atoms with van der Waals surface area (Å²) in [5.74, 6) is 0.532. The van der Waals surface area contributed by atoms with Gasteiger partial charge in [0.2, 0.25) is 0 Å². The van der Waals surface area contributed by atoms with Gasteiger partial charge in [0, 0.05) is 15.9 Å². The Hall–Kier alpha value is -1.68. The molecule has 0 N–H and O–H groups in total. The maximum Gasteiger partial charge on any atom is 0.261 e. The molecule has 3 nitrogen and oxygen atoms in total. The minimum Gasteiger partial charge on any atom is -0.295 e. The van der Waals surface area contributed by atoms with Crippen molar-refractivity contribution in [2.45, 2.75) is 38.6 Å². The van der Waals surface area contributed by atoms with Crippen LogP contribution < -0.4 is 5.56 Å². The van der Waals surface area contributed by atoms with Gasteiger partial charge in [-0.1, -0.05) is 60.0 Å². The maximum atomic E-state index is 13.1. The molecule has 4 heteroatoms. The lowest BCUT2D eigenvalue weighted by Gasteiger charge is -2.30. The molecule has 0 aliphatic heterocycles. The molecule has 1 aliphatic rings. The number of aromatic nitrogens is 2. The molecular formula is C19H19BrN2O. The molecule has 1 heterocycles. The molecule has 1 fully saturated rings. The van der Waals surface area contributed by atoms with Gasteiger partial charge in [-0.15, -0.1) is 0 Å². The monoisotopic (exact) mass is 370 g/mol. The van der Waals surface area contributed by atoms with E-state index in [0.29, 0.717) is 11.3 Å². The molecule has 23 heavy (non-hydrogen) atoms. The van der Waals surface area contributed by atoms with Crippen LogP contribution in [-0.2, 0) is 0 Å². The van der Waals surface area contributed by atoms with Crippen molar-refractivity contribution in [3.05, 3.63) is 51.5 Å². The predicted molar refractivity (Wildman–Crippen MR) is 97.9 cm³/mol. The van der Waals surface area contributed by atoms with Gasteiger partial charge < -0.3 is 0 Å². The summed E-state index contributed by atoms with van der Waals surface area (Å²) in [5, 5.41) is 2.82. The van der Waals surface area contributed by atoms with Gasteiger partial charge in [-0.25, -0.2) is 4.98 Å². The summed E-state index contributed by atoms with van der Waals surface area (Å²) in [4.78, 5) is 17.7. The molecule has 0 bridgehead atoms. The van der Waals surface area contributed by atoms with Crippen molar-refractivity contribution < 1.29 is 0 Å². The zero-order valence-corrected chi connectivity index (χ0v) is 14.7. The molecule has 1 aromatic heterocycles. The normalized spacial score (nSPS) is 21.8. The van der Waals surface area contributed by atoms with E-state index in [4.69, 9.17) is 0 Å². The van der Waals surface area contributed by atoms with Crippen molar-refractivity contribution in [3.8, 4) is 0 Å². The molecule has 1 aliphatic carbocycles. The van der Waals surface area contributed by atoms with Crippen LogP contribution in [0.25, 0.3) is 21.7 Å². The van der Waals surface area contributed by atoms with E-state index in [0.717, 1.165) is 27.2 Å². The lowest BCUT2D eigenvalue weighted by atomic mass is 9.86. The number of hydrogen-bond acceptors (Lipinski definition) is 2. The lowest BCUT2D eigenvalue weighted by molar-refractivity contribution is 0.251. The van der Waals surface area contributed by atoms with Crippen molar-refractivity contribution in [2.24, 2.45) is 5.92 Å². The Balaban J connectivity index is 1.98. The molecule has 0 unspecified atom stereocenters. The summed E-state index contributed by atoms with van der Waals surface area (Å²) in [5.41, 5.74) is 0.883. The average molecular weight is 371 g/mol. The minimum atomic E-state index is 0.0835. The Labute approximate surface area is 143 Å². The van der Waals surface area contributed by atoms with E-state index in [1.54, 1.807) is 6.33 Å². The maximum absolute atomic E-state index is 13.1. The van der Waals surface area contributed by atoms with Gasteiger partial charge in [-0.05, 0) is 30.2 Å². The standard InChI is InChI=1S/C19H19BrN2O/c1-12-6-2-5-9-17(12)22-11-21-18-14-8-4-3-7-13(14)16(20)10-15(18)19(22)23/h3-4,7-8,10-12,17H,2,5-6,9H2,1H3/t12-,17-/m0/s1. The number of nitrogens with zero attached hydrogens (tertiary/aromatic N) is 2. The number of hydrogen-bond donors (Lipinski definition) is 0. The highest BCUT2D eigenvalue weighted by atomic mass is 79.9. The Bertz CT molecular complexity index is 947. The van der Waals surface area contributed by atoms with Crippen LogP contribution in [0.3, 0.4) is 0 Å². The third kappa shape index (κ3) is 2.40. The van der Waals surface area contributed by atoms with Gasteiger partial charge in [-0.3, -0.25) is 9.36 Å². The van der Waals surface area contributed by atoms with Crippen molar-refractivity contribution in [3.63, 3.8) is 0 Å². The number of benzene rings is 2. The van der Waals surface area contributed by atoms with Gasteiger partial charge in [0.1, 0.15) is 0 Å². The van der Waals surface area contributed by atoms with Gasteiger partial charge >= 0.3 is 0 Å². The molecule has 0 saturated heterocycles. The second-order valence-electron chi connectivity index (χ2n) is 6.59. The van der Waals surface area contributed by atoms with Crippen LogP contribution in [0, 0.1) is 5.92 Å². The Morgan fingerprint density at radius 3 is 2.65 bits per heavy atom. The fourth-order valence-electron chi connectivity index (χ4n) is 3.88.